The molecule has 18 heavy (non-hydrogen) atoms. The molecule has 4 N–H and O–H groups in total. The van der Waals surface area contributed by atoms with Gasteiger partial charge in [-0.2, -0.15) is 11.8 Å². The molecule has 0 aliphatic rings. The predicted molar refractivity (Wildman–Crippen MR) is 78.6 cm³/mol. The van der Waals surface area contributed by atoms with E-state index in [2.05, 4.69) is 17.0 Å². The maximum absolute atomic E-state index is 11.6. The van der Waals surface area contributed by atoms with Crippen LogP contribution >= 0.6 is 11.8 Å². The van der Waals surface area contributed by atoms with E-state index in [-0.39, 0.29) is 10.6 Å². The van der Waals surface area contributed by atoms with Crippen molar-refractivity contribution in [2.75, 3.05) is 30.9 Å². The highest BCUT2D eigenvalue weighted by atomic mass is 32.2. The number of sulfonamides is 1. The minimum absolute atomic E-state index is 0.105. The van der Waals surface area contributed by atoms with Crippen LogP contribution in [0.1, 0.15) is 6.92 Å². The summed E-state index contributed by atoms with van der Waals surface area (Å²) in [5.41, 5.74) is 6.82. The van der Waals surface area contributed by atoms with E-state index in [0.717, 1.165) is 12.2 Å². The van der Waals surface area contributed by atoms with Gasteiger partial charge in [0.05, 0.1) is 5.69 Å². The Hall–Kier alpha value is -0.920. The molecule has 0 heterocycles. The first-order chi connectivity index (χ1) is 8.40. The zero-order valence-electron chi connectivity index (χ0n) is 10.7. The minimum Gasteiger partial charge on any atom is -0.398 e. The Morgan fingerprint density at radius 3 is 2.61 bits per heavy atom. The quantitative estimate of drug-likeness (QED) is 0.688. The minimum atomic E-state index is -3.49. The number of nitrogen functional groups attached to an aromatic ring is 1. The van der Waals surface area contributed by atoms with Gasteiger partial charge in [0.25, 0.3) is 0 Å². The number of rotatable bonds is 6. The number of hydrogen-bond donors (Lipinski definition) is 3. The molecule has 1 aromatic rings. The van der Waals surface area contributed by atoms with Crippen molar-refractivity contribution in [1.29, 1.82) is 0 Å². The SMILES string of the molecule is CNS(=O)(=O)c1ccc(NCC(C)SC)cc1N. The highest BCUT2D eigenvalue weighted by Gasteiger charge is 2.15. The van der Waals surface area contributed by atoms with Crippen molar-refractivity contribution in [1.82, 2.24) is 4.72 Å². The fourth-order valence-electron chi connectivity index (χ4n) is 1.36. The molecule has 0 aliphatic carbocycles. The van der Waals surface area contributed by atoms with E-state index in [4.69, 9.17) is 5.73 Å². The maximum atomic E-state index is 11.6. The van der Waals surface area contributed by atoms with Gasteiger partial charge in [-0.3, -0.25) is 0 Å². The summed E-state index contributed by atoms with van der Waals surface area (Å²) in [6.45, 7) is 2.92. The summed E-state index contributed by atoms with van der Waals surface area (Å²) in [7, 11) is -2.13. The van der Waals surface area contributed by atoms with Crippen LogP contribution < -0.4 is 15.8 Å². The summed E-state index contributed by atoms with van der Waals surface area (Å²) >= 11 is 1.76. The molecule has 0 bridgehead atoms. The molecule has 1 aromatic carbocycles. The zero-order chi connectivity index (χ0) is 13.8. The van der Waals surface area contributed by atoms with Gasteiger partial charge in [0.2, 0.25) is 10.0 Å². The molecule has 1 unspecified atom stereocenters. The molecule has 0 aromatic heterocycles. The first-order valence-corrected chi connectivity index (χ1v) is 8.27. The van der Waals surface area contributed by atoms with E-state index in [1.54, 1.807) is 23.9 Å². The molecule has 1 atom stereocenters. The first-order valence-electron chi connectivity index (χ1n) is 5.50. The summed E-state index contributed by atoms with van der Waals surface area (Å²) in [6.07, 6.45) is 2.04. The molecule has 0 saturated heterocycles. The van der Waals surface area contributed by atoms with Crippen LogP contribution in [0.25, 0.3) is 0 Å². The maximum Gasteiger partial charge on any atom is 0.242 e. The van der Waals surface area contributed by atoms with Crippen molar-refractivity contribution < 1.29 is 8.42 Å². The van der Waals surface area contributed by atoms with Gasteiger partial charge in [0, 0.05) is 17.5 Å². The van der Waals surface area contributed by atoms with Crippen LogP contribution in [0.5, 0.6) is 0 Å². The van der Waals surface area contributed by atoms with Crippen molar-refractivity contribution in [3.8, 4) is 0 Å². The summed E-state index contributed by atoms with van der Waals surface area (Å²) in [6, 6.07) is 4.86. The average Bonchev–Trinajstić information content (AvgIpc) is 2.35. The third-order valence-corrected chi connectivity index (χ3v) is 5.02. The Labute approximate surface area is 113 Å². The van der Waals surface area contributed by atoms with E-state index in [0.29, 0.717) is 5.25 Å². The first kappa shape index (κ1) is 15.1. The second kappa shape index (κ2) is 6.31. The van der Waals surface area contributed by atoms with Gasteiger partial charge < -0.3 is 11.1 Å². The third-order valence-electron chi connectivity index (χ3n) is 2.56. The van der Waals surface area contributed by atoms with Gasteiger partial charge in [0.15, 0.2) is 0 Å². The van der Waals surface area contributed by atoms with Crippen molar-refractivity contribution in [3.05, 3.63) is 18.2 Å². The van der Waals surface area contributed by atoms with Crippen molar-refractivity contribution in [3.63, 3.8) is 0 Å². The van der Waals surface area contributed by atoms with E-state index >= 15 is 0 Å². The molecule has 0 saturated carbocycles. The van der Waals surface area contributed by atoms with Gasteiger partial charge >= 0.3 is 0 Å². The predicted octanol–water partition coefficient (Wildman–Crippen LogP) is 1.34. The van der Waals surface area contributed by atoms with Gasteiger partial charge in [-0.15, -0.1) is 0 Å². The van der Waals surface area contributed by atoms with Gasteiger partial charge in [-0.25, -0.2) is 13.1 Å². The summed E-state index contributed by atoms with van der Waals surface area (Å²) in [5, 5.41) is 3.70. The molecule has 0 spiro atoms. The number of anilines is 2. The fraction of sp³-hybridized carbons (Fsp3) is 0.455. The van der Waals surface area contributed by atoms with Crippen LogP contribution in [0.15, 0.2) is 23.1 Å². The molecular formula is C11H19N3O2S2. The van der Waals surface area contributed by atoms with Crippen molar-refractivity contribution in [2.24, 2.45) is 0 Å². The number of hydrogen-bond acceptors (Lipinski definition) is 5. The fourth-order valence-corrected chi connectivity index (χ4v) is 2.44. The normalized spacial score (nSPS) is 13.3. The number of nitrogens with two attached hydrogens (primary N) is 1. The van der Waals surface area contributed by atoms with Gasteiger partial charge in [-0.05, 0) is 31.5 Å². The average molecular weight is 289 g/mol. The lowest BCUT2D eigenvalue weighted by molar-refractivity contribution is 0.588. The zero-order valence-corrected chi connectivity index (χ0v) is 12.4. The Kier molecular flexibility index (Phi) is 5.30. The molecule has 0 radical (unpaired) electrons. The lowest BCUT2D eigenvalue weighted by atomic mass is 10.3. The second-order valence-electron chi connectivity index (χ2n) is 3.89. The molecule has 1 rings (SSSR count). The monoisotopic (exact) mass is 289 g/mol. The molecule has 5 nitrogen and oxygen atoms in total. The van der Waals surface area contributed by atoms with E-state index in [1.807, 2.05) is 6.26 Å². The summed E-state index contributed by atoms with van der Waals surface area (Å²) in [4.78, 5) is 0.105. The van der Waals surface area contributed by atoms with Crippen LogP contribution in [-0.2, 0) is 10.0 Å². The van der Waals surface area contributed by atoms with Crippen LogP contribution in [0.2, 0.25) is 0 Å². The van der Waals surface area contributed by atoms with Crippen LogP contribution in [0, 0.1) is 0 Å². The molecule has 0 amide bonds. The van der Waals surface area contributed by atoms with Gasteiger partial charge in [-0.1, -0.05) is 6.92 Å². The van der Waals surface area contributed by atoms with E-state index in [9.17, 15) is 8.42 Å². The Morgan fingerprint density at radius 2 is 2.11 bits per heavy atom. The number of nitrogens with one attached hydrogen (secondary N) is 2. The van der Waals surface area contributed by atoms with E-state index < -0.39 is 10.0 Å². The number of thioether (sulfide) groups is 1. The largest absolute Gasteiger partial charge is 0.398 e. The molecule has 0 fully saturated rings. The smallest absolute Gasteiger partial charge is 0.242 e. The van der Waals surface area contributed by atoms with Crippen molar-refractivity contribution in [2.45, 2.75) is 17.1 Å². The van der Waals surface area contributed by atoms with Crippen molar-refractivity contribution >= 4 is 33.2 Å². The lowest BCUT2D eigenvalue weighted by Crippen LogP contribution is -2.20. The third kappa shape index (κ3) is 3.79. The van der Waals surface area contributed by atoms with Crippen LogP contribution in [0.3, 0.4) is 0 Å². The molecular weight excluding hydrogens is 270 g/mol. The number of benzene rings is 1. The highest BCUT2D eigenvalue weighted by molar-refractivity contribution is 7.99. The summed E-state index contributed by atoms with van der Waals surface area (Å²) in [5.74, 6) is 0. The topological polar surface area (TPSA) is 84.2 Å². The molecule has 7 heteroatoms. The molecule has 0 aliphatic heterocycles. The second-order valence-corrected chi connectivity index (χ2v) is 7.02. The Bertz CT molecular complexity index is 503. The highest BCUT2D eigenvalue weighted by Crippen LogP contribution is 2.22. The van der Waals surface area contributed by atoms with E-state index in [1.165, 1.54) is 13.1 Å². The van der Waals surface area contributed by atoms with Crippen LogP contribution in [0.4, 0.5) is 11.4 Å². The standard InChI is InChI=1S/C11H19N3O2S2/c1-8(17-3)7-14-9-4-5-11(10(12)6-9)18(15,16)13-2/h4-6,8,13-14H,7,12H2,1-3H3. The summed E-state index contributed by atoms with van der Waals surface area (Å²) < 4.78 is 25.5. The molecule has 102 valence electrons. The Morgan fingerprint density at radius 1 is 1.44 bits per heavy atom. The lowest BCUT2D eigenvalue weighted by Gasteiger charge is -2.13. The Balaban J connectivity index is 2.87. The van der Waals surface area contributed by atoms with Crippen LogP contribution in [-0.4, -0.2) is 33.5 Å². The van der Waals surface area contributed by atoms with Gasteiger partial charge in [0.1, 0.15) is 4.90 Å².